The number of carbonyl (C=O) groups excluding carboxylic acids is 1. The van der Waals surface area contributed by atoms with Crippen LogP contribution in [0.15, 0.2) is 12.7 Å². The lowest BCUT2D eigenvalue weighted by Gasteiger charge is -2.18. The molecule has 1 aromatic rings. The number of aliphatic carboxylic acids is 1. The van der Waals surface area contributed by atoms with Gasteiger partial charge in [-0.15, -0.1) is 0 Å². The number of carboxylic acid groups (broad SMARTS) is 1. The molecule has 0 aromatic carbocycles. The van der Waals surface area contributed by atoms with Gasteiger partial charge in [0, 0.05) is 0 Å². The number of nitrogens with one attached hydrogen (secondary N) is 1. The second-order valence-corrected chi connectivity index (χ2v) is 4.15. The summed E-state index contributed by atoms with van der Waals surface area (Å²) in [5, 5.41) is 15.5. The predicted octanol–water partition coefficient (Wildman–Crippen LogP) is -0.945. The van der Waals surface area contributed by atoms with E-state index in [-0.39, 0.29) is 19.1 Å². The second kappa shape index (κ2) is 5.13. The molecular formula is C10H14N4O4. The zero-order valence-corrected chi connectivity index (χ0v) is 9.81. The summed E-state index contributed by atoms with van der Waals surface area (Å²) in [6.07, 6.45) is 2.77. The van der Waals surface area contributed by atoms with E-state index in [1.54, 1.807) is 6.92 Å². The number of rotatable bonds is 4. The molecule has 3 unspecified atom stereocenters. The van der Waals surface area contributed by atoms with Gasteiger partial charge in [-0.05, 0) is 6.92 Å². The lowest BCUT2D eigenvalue weighted by Crippen LogP contribution is -2.45. The van der Waals surface area contributed by atoms with Crippen LogP contribution in [-0.4, -0.2) is 51.0 Å². The minimum absolute atomic E-state index is 0.123. The molecule has 1 amide bonds. The van der Waals surface area contributed by atoms with E-state index >= 15 is 0 Å². The maximum absolute atomic E-state index is 11.9. The van der Waals surface area contributed by atoms with Crippen molar-refractivity contribution in [3.05, 3.63) is 12.7 Å². The van der Waals surface area contributed by atoms with Crippen molar-refractivity contribution in [1.82, 2.24) is 20.1 Å². The van der Waals surface area contributed by atoms with E-state index in [0.717, 1.165) is 0 Å². The third kappa shape index (κ3) is 2.48. The molecule has 18 heavy (non-hydrogen) atoms. The van der Waals surface area contributed by atoms with Crippen LogP contribution in [0.2, 0.25) is 0 Å². The first-order chi connectivity index (χ1) is 8.59. The minimum atomic E-state index is -0.966. The van der Waals surface area contributed by atoms with E-state index in [2.05, 4.69) is 15.4 Å². The molecule has 0 saturated carbocycles. The van der Waals surface area contributed by atoms with Crippen molar-refractivity contribution in [2.75, 3.05) is 13.2 Å². The summed E-state index contributed by atoms with van der Waals surface area (Å²) >= 11 is 0. The number of ether oxygens (including phenoxy) is 1. The van der Waals surface area contributed by atoms with Crippen LogP contribution in [0.1, 0.15) is 13.0 Å². The molecule has 0 radical (unpaired) electrons. The summed E-state index contributed by atoms with van der Waals surface area (Å²) in [7, 11) is 0. The molecule has 1 aliphatic heterocycles. The van der Waals surface area contributed by atoms with Gasteiger partial charge in [0.05, 0.1) is 19.3 Å². The van der Waals surface area contributed by atoms with Gasteiger partial charge >= 0.3 is 5.97 Å². The summed E-state index contributed by atoms with van der Waals surface area (Å²) in [6, 6.07) is -1.04. The van der Waals surface area contributed by atoms with E-state index in [1.807, 2.05) is 0 Å². The minimum Gasteiger partial charge on any atom is -0.481 e. The summed E-state index contributed by atoms with van der Waals surface area (Å²) < 4.78 is 6.48. The highest BCUT2D eigenvalue weighted by Gasteiger charge is 2.35. The average Bonchev–Trinajstić information content (AvgIpc) is 2.98. The molecule has 3 atom stereocenters. The highest BCUT2D eigenvalue weighted by molar-refractivity contribution is 5.81. The zero-order valence-electron chi connectivity index (χ0n) is 9.81. The molecule has 1 fully saturated rings. The topological polar surface area (TPSA) is 106 Å². The fraction of sp³-hybridized carbons (Fsp3) is 0.600. The first kappa shape index (κ1) is 12.5. The Morgan fingerprint density at radius 3 is 2.94 bits per heavy atom. The zero-order chi connectivity index (χ0) is 13.1. The maximum Gasteiger partial charge on any atom is 0.311 e. The van der Waals surface area contributed by atoms with Gasteiger partial charge in [-0.1, -0.05) is 0 Å². The molecule has 2 rings (SSSR count). The lowest BCUT2D eigenvalue weighted by molar-refractivity contribution is -0.142. The molecule has 2 N–H and O–H groups in total. The van der Waals surface area contributed by atoms with Gasteiger partial charge in [-0.25, -0.2) is 9.67 Å². The van der Waals surface area contributed by atoms with E-state index in [9.17, 15) is 9.59 Å². The summed E-state index contributed by atoms with van der Waals surface area (Å²) in [4.78, 5) is 26.6. The Morgan fingerprint density at radius 1 is 1.56 bits per heavy atom. The standard InChI is InChI=1S/C10H14N4O4/c1-6(14-5-11-4-12-14)9(15)13-8-3-18-2-7(8)10(16)17/h4-8H,2-3H2,1H3,(H,13,15)(H,16,17). The molecule has 0 bridgehead atoms. The van der Waals surface area contributed by atoms with E-state index in [4.69, 9.17) is 9.84 Å². The van der Waals surface area contributed by atoms with Crippen molar-refractivity contribution in [3.8, 4) is 0 Å². The van der Waals surface area contributed by atoms with Gasteiger partial charge in [0.25, 0.3) is 0 Å². The molecule has 0 spiro atoms. The number of hydrogen-bond acceptors (Lipinski definition) is 5. The third-order valence-corrected chi connectivity index (χ3v) is 2.94. The first-order valence-corrected chi connectivity index (χ1v) is 5.54. The highest BCUT2D eigenvalue weighted by Crippen LogP contribution is 2.15. The number of carbonyl (C=O) groups is 2. The molecule has 0 aliphatic carbocycles. The normalized spacial score (nSPS) is 24.7. The fourth-order valence-electron chi connectivity index (χ4n) is 1.78. The number of aromatic nitrogens is 3. The molecule has 2 heterocycles. The first-order valence-electron chi connectivity index (χ1n) is 5.54. The van der Waals surface area contributed by atoms with Crippen molar-refractivity contribution in [2.45, 2.75) is 19.0 Å². The van der Waals surface area contributed by atoms with Gasteiger partial charge in [0.15, 0.2) is 0 Å². The Kier molecular flexibility index (Phi) is 3.56. The third-order valence-electron chi connectivity index (χ3n) is 2.94. The molecule has 98 valence electrons. The van der Waals surface area contributed by atoms with Gasteiger partial charge in [0.2, 0.25) is 5.91 Å². The van der Waals surface area contributed by atoms with Gasteiger partial charge in [-0.2, -0.15) is 5.10 Å². The average molecular weight is 254 g/mol. The van der Waals surface area contributed by atoms with Crippen LogP contribution in [0.25, 0.3) is 0 Å². The monoisotopic (exact) mass is 254 g/mol. The smallest absolute Gasteiger partial charge is 0.311 e. The van der Waals surface area contributed by atoms with Crippen LogP contribution in [0.3, 0.4) is 0 Å². The summed E-state index contributed by atoms with van der Waals surface area (Å²) in [5.74, 6) is -1.97. The lowest BCUT2D eigenvalue weighted by atomic mass is 10.0. The van der Waals surface area contributed by atoms with Crippen molar-refractivity contribution >= 4 is 11.9 Å². The van der Waals surface area contributed by atoms with E-state index < -0.39 is 24.0 Å². The van der Waals surface area contributed by atoms with Crippen LogP contribution < -0.4 is 5.32 Å². The van der Waals surface area contributed by atoms with Crippen molar-refractivity contribution in [3.63, 3.8) is 0 Å². The van der Waals surface area contributed by atoms with Crippen LogP contribution in [0.5, 0.6) is 0 Å². The second-order valence-electron chi connectivity index (χ2n) is 4.15. The fourth-order valence-corrected chi connectivity index (χ4v) is 1.78. The predicted molar refractivity (Wildman–Crippen MR) is 58.6 cm³/mol. The Labute approximate surface area is 103 Å². The van der Waals surface area contributed by atoms with Crippen LogP contribution in [-0.2, 0) is 14.3 Å². The Morgan fingerprint density at radius 2 is 2.33 bits per heavy atom. The maximum atomic E-state index is 11.9. The van der Waals surface area contributed by atoms with Crippen molar-refractivity contribution in [2.24, 2.45) is 5.92 Å². The molecule has 8 nitrogen and oxygen atoms in total. The van der Waals surface area contributed by atoms with Crippen LogP contribution in [0.4, 0.5) is 0 Å². The Balaban J connectivity index is 1.97. The number of amides is 1. The molecule has 1 aromatic heterocycles. The molecular weight excluding hydrogens is 240 g/mol. The van der Waals surface area contributed by atoms with Gasteiger partial charge < -0.3 is 15.2 Å². The number of nitrogens with zero attached hydrogens (tertiary/aromatic N) is 3. The molecule has 8 heteroatoms. The highest BCUT2D eigenvalue weighted by atomic mass is 16.5. The molecule has 1 saturated heterocycles. The quantitative estimate of drug-likeness (QED) is 0.718. The Hall–Kier alpha value is -1.96. The SMILES string of the molecule is CC(C(=O)NC1COCC1C(=O)O)n1cncn1. The number of carboxylic acids is 1. The van der Waals surface area contributed by atoms with Crippen LogP contribution >= 0.6 is 0 Å². The van der Waals surface area contributed by atoms with E-state index in [0.29, 0.717) is 0 Å². The summed E-state index contributed by atoms with van der Waals surface area (Å²) in [6.45, 7) is 2.00. The number of hydrogen-bond donors (Lipinski definition) is 2. The van der Waals surface area contributed by atoms with Gasteiger partial charge in [-0.3, -0.25) is 9.59 Å². The van der Waals surface area contributed by atoms with Crippen molar-refractivity contribution in [1.29, 1.82) is 0 Å². The van der Waals surface area contributed by atoms with E-state index in [1.165, 1.54) is 17.3 Å². The van der Waals surface area contributed by atoms with Crippen molar-refractivity contribution < 1.29 is 19.4 Å². The summed E-state index contributed by atoms with van der Waals surface area (Å²) in [5.41, 5.74) is 0. The largest absolute Gasteiger partial charge is 0.481 e. The molecule has 1 aliphatic rings. The van der Waals surface area contributed by atoms with Gasteiger partial charge in [0.1, 0.15) is 24.6 Å². The van der Waals surface area contributed by atoms with Crippen LogP contribution in [0, 0.1) is 5.92 Å². The Bertz CT molecular complexity index is 433.